The summed E-state index contributed by atoms with van der Waals surface area (Å²) < 4.78 is 0. The first-order valence-corrected chi connectivity index (χ1v) is 7.81. The Balaban J connectivity index is 1.74. The molecule has 0 amide bonds. The molecule has 2 aromatic rings. The summed E-state index contributed by atoms with van der Waals surface area (Å²) >= 11 is 0. The second-order valence-electron chi connectivity index (χ2n) is 6.08. The molecule has 21 heavy (non-hydrogen) atoms. The zero-order valence-corrected chi connectivity index (χ0v) is 12.9. The lowest BCUT2D eigenvalue weighted by atomic mass is 10.0. The molecule has 2 atom stereocenters. The highest BCUT2D eigenvalue weighted by molar-refractivity contribution is 5.26. The Morgan fingerprint density at radius 2 is 1.76 bits per heavy atom. The first-order valence-electron chi connectivity index (χ1n) is 7.81. The van der Waals surface area contributed by atoms with Crippen LogP contribution in [-0.4, -0.2) is 24.0 Å². The summed E-state index contributed by atoms with van der Waals surface area (Å²) in [5.74, 6) is 0. The molecule has 1 fully saturated rings. The van der Waals surface area contributed by atoms with Crippen molar-refractivity contribution >= 4 is 0 Å². The van der Waals surface area contributed by atoms with Gasteiger partial charge in [0.05, 0.1) is 0 Å². The lowest BCUT2D eigenvalue weighted by Crippen LogP contribution is -2.50. The van der Waals surface area contributed by atoms with Gasteiger partial charge in [0, 0.05) is 31.7 Å². The average molecular weight is 280 g/mol. The predicted octanol–water partition coefficient (Wildman–Crippen LogP) is 3.53. The van der Waals surface area contributed by atoms with E-state index in [4.69, 9.17) is 0 Å². The van der Waals surface area contributed by atoms with Crippen molar-refractivity contribution in [3.63, 3.8) is 0 Å². The predicted molar refractivity (Wildman–Crippen MR) is 88.2 cm³/mol. The van der Waals surface area contributed by atoms with E-state index in [9.17, 15) is 0 Å². The first kappa shape index (κ1) is 14.3. The van der Waals surface area contributed by atoms with Crippen LogP contribution in [0.15, 0.2) is 54.6 Å². The van der Waals surface area contributed by atoms with E-state index >= 15 is 0 Å². The number of rotatable bonds is 3. The van der Waals surface area contributed by atoms with Crippen molar-refractivity contribution < 1.29 is 0 Å². The molecular weight excluding hydrogens is 256 g/mol. The molecule has 2 heteroatoms. The molecule has 0 radical (unpaired) electrons. The fourth-order valence-electron chi connectivity index (χ4n) is 3.06. The van der Waals surface area contributed by atoms with Gasteiger partial charge in [-0.1, -0.05) is 54.6 Å². The summed E-state index contributed by atoms with van der Waals surface area (Å²) in [6, 6.07) is 20.5. The smallest absolute Gasteiger partial charge is 0.0450 e. The van der Waals surface area contributed by atoms with Gasteiger partial charge in [-0.05, 0) is 30.5 Å². The maximum absolute atomic E-state index is 3.67. The molecule has 0 aliphatic carbocycles. The largest absolute Gasteiger partial charge is 0.307 e. The number of piperazine rings is 1. The van der Waals surface area contributed by atoms with E-state index in [1.54, 1.807) is 0 Å². The van der Waals surface area contributed by atoms with Crippen molar-refractivity contribution in [1.82, 2.24) is 10.2 Å². The van der Waals surface area contributed by atoms with Gasteiger partial charge in [-0.3, -0.25) is 4.90 Å². The van der Waals surface area contributed by atoms with Crippen LogP contribution in [0.2, 0.25) is 0 Å². The zero-order valence-electron chi connectivity index (χ0n) is 12.9. The Morgan fingerprint density at radius 1 is 1.05 bits per heavy atom. The molecular formula is C19H24N2. The van der Waals surface area contributed by atoms with E-state index in [2.05, 4.69) is 78.7 Å². The molecule has 3 rings (SSSR count). The molecule has 1 saturated heterocycles. The number of aryl methyl sites for hydroxylation is 1. The molecule has 1 heterocycles. The Morgan fingerprint density at radius 3 is 2.52 bits per heavy atom. The Hall–Kier alpha value is -1.64. The van der Waals surface area contributed by atoms with E-state index in [-0.39, 0.29) is 0 Å². The molecule has 2 aromatic carbocycles. The van der Waals surface area contributed by atoms with Gasteiger partial charge in [0.15, 0.2) is 0 Å². The molecule has 2 unspecified atom stereocenters. The van der Waals surface area contributed by atoms with Crippen LogP contribution in [0.5, 0.6) is 0 Å². The highest BCUT2D eigenvalue weighted by Gasteiger charge is 2.25. The van der Waals surface area contributed by atoms with Gasteiger partial charge >= 0.3 is 0 Å². The Labute approximate surface area is 127 Å². The van der Waals surface area contributed by atoms with Gasteiger partial charge in [0.25, 0.3) is 0 Å². The normalized spacial score (nSPS) is 23.1. The SMILES string of the molecule is Cc1ccccc1CN1CC(c2ccccc2)NCC1C. The summed E-state index contributed by atoms with van der Waals surface area (Å²) in [4.78, 5) is 2.59. The van der Waals surface area contributed by atoms with Crippen LogP contribution in [0.4, 0.5) is 0 Å². The lowest BCUT2D eigenvalue weighted by molar-refractivity contribution is 0.133. The third kappa shape index (κ3) is 3.34. The van der Waals surface area contributed by atoms with Crippen LogP contribution in [0, 0.1) is 6.92 Å². The molecule has 0 aromatic heterocycles. The van der Waals surface area contributed by atoms with Crippen molar-refractivity contribution in [2.75, 3.05) is 13.1 Å². The Kier molecular flexibility index (Phi) is 4.37. The van der Waals surface area contributed by atoms with E-state index in [0.29, 0.717) is 12.1 Å². The van der Waals surface area contributed by atoms with Gasteiger partial charge in [-0.15, -0.1) is 0 Å². The molecule has 1 N–H and O–H groups in total. The average Bonchev–Trinajstić information content (AvgIpc) is 2.52. The Bertz CT molecular complexity index is 579. The zero-order chi connectivity index (χ0) is 14.7. The summed E-state index contributed by atoms with van der Waals surface area (Å²) in [5.41, 5.74) is 4.22. The summed E-state index contributed by atoms with van der Waals surface area (Å²) in [6.07, 6.45) is 0. The van der Waals surface area contributed by atoms with Crippen LogP contribution in [-0.2, 0) is 6.54 Å². The molecule has 2 nitrogen and oxygen atoms in total. The minimum atomic E-state index is 0.436. The van der Waals surface area contributed by atoms with Gasteiger partial charge in [-0.2, -0.15) is 0 Å². The van der Waals surface area contributed by atoms with Crippen LogP contribution < -0.4 is 5.32 Å². The number of nitrogens with zero attached hydrogens (tertiary/aromatic N) is 1. The van der Waals surface area contributed by atoms with Crippen LogP contribution >= 0.6 is 0 Å². The van der Waals surface area contributed by atoms with E-state index in [1.807, 2.05) is 0 Å². The van der Waals surface area contributed by atoms with Crippen molar-refractivity contribution in [3.8, 4) is 0 Å². The maximum atomic E-state index is 3.67. The quantitative estimate of drug-likeness (QED) is 0.925. The van der Waals surface area contributed by atoms with Crippen molar-refractivity contribution in [2.45, 2.75) is 32.5 Å². The first-order chi connectivity index (χ1) is 10.2. The molecule has 110 valence electrons. The molecule has 0 saturated carbocycles. The van der Waals surface area contributed by atoms with Crippen molar-refractivity contribution in [3.05, 3.63) is 71.3 Å². The lowest BCUT2D eigenvalue weighted by Gasteiger charge is -2.39. The van der Waals surface area contributed by atoms with Gasteiger partial charge in [-0.25, -0.2) is 0 Å². The standard InChI is InChI=1S/C19H24N2/c1-15-8-6-7-11-18(15)13-21-14-19(20-12-16(21)2)17-9-4-3-5-10-17/h3-11,16,19-20H,12-14H2,1-2H3. The summed E-state index contributed by atoms with van der Waals surface area (Å²) in [5, 5.41) is 3.67. The van der Waals surface area contributed by atoms with Gasteiger partial charge < -0.3 is 5.32 Å². The fourth-order valence-corrected chi connectivity index (χ4v) is 3.06. The number of hydrogen-bond acceptors (Lipinski definition) is 2. The third-order valence-electron chi connectivity index (χ3n) is 4.54. The number of benzene rings is 2. The topological polar surface area (TPSA) is 15.3 Å². The molecule has 0 bridgehead atoms. The minimum Gasteiger partial charge on any atom is -0.307 e. The van der Waals surface area contributed by atoms with Crippen LogP contribution in [0.25, 0.3) is 0 Å². The van der Waals surface area contributed by atoms with Crippen molar-refractivity contribution in [1.29, 1.82) is 0 Å². The summed E-state index contributed by atoms with van der Waals surface area (Å²) in [7, 11) is 0. The highest BCUT2D eigenvalue weighted by atomic mass is 15.2. The highest BCUT2D eigenvalue weighted by Crippen LogP contribution is 2.22. The second kappa shape index (κ2) is 6.42. The third-order valence-corrected chi connectivity index (χ3v) is 4.54. The van der Waals surface area contributed by atoms with Crippen molar-refractivity contribution in [2.24, 2.45) is 0 Å². The fraction of sp³-hybridized carbons (Fsp3) is 0.368. The number of nitrogens with one attached hydrogen (secondary N) is 1. The van der Waals surface area contributed by atoms with Gasteiger partial charge in [0.1, 0.15) is 0 Å². The molecule has 1 aliphatic rings. The molecule has 1 aliphatic heterocycles. The van der Waals surface area contributed by atoms with Crippen LogP contribution in [0.3, 0.4) is 0 Å². The monoisotopic (exact) mass is 280 g/mol. The summed E-state index contributed by atoms with van der Waals surface area (Å²) in [6.45, 7) is 7.67. The minimum absolute atomic E-state index is 0.436. The van der Waals surface area contributed by atoms with Gasteiger partial charge in [0.2, 0.25) is 0 Å². The molecule has 0 spiro atoms. The number of hydrogen-bond donors (Lipinski definition) is 1. The maximum Gasteiger partial charge on any atom is 0.0450 e. The van der Waals surface area contributed by atoms with Crippen LogP contribution in [0.1, 0.15) is 29.7 Å². The van der Waals surface area contributed by atoms with E-state index in [1.165, 1.54) is 16.7 Å². The second-order valence-corrected chi connectivity index (χ2v) is 6.08. The van der Waals surface area contributed by atoms with E-state index < -0.39 is 0 Å². The van der Waals surface area contributed by atoms with E-state index in [0.717, 1.165) is 19.6 Å².